The van der Waals surface area contributed by atoms with Crippen molar-refractivity contribution in [2.24, 2.45) is 5.73 Å². The van der Waals surface area contributed by atoms with Gasteiger partial charge in [0.1, 0.15) is 6.61 Å². The van der Waals surface area contributed by atoms with Gasteiger partial charge in [-0.05, 0) is 32.1 Å². The Bertz CT molecular complexity index is 248. The molecule has 7 heteroatoms. The van der Waals surface area contributed by atoms with Crippen LogP contribution in [0.3, 0.4) is 0 Å². The first-order valence-corrected chi connectivity index (χ1v) is 6.52. The average molecular weight is 287 g/mol. The van der Waals surface area contributed by atoms with Crippen LogP contribution in [0.5, 0.6) is 0 Å². The highest BCUT2D eigenvalue weighted by molar-refractivity contribution is 4.70. The zero-order valence-corrected chi connectivity index (χ0v) is 10.8. The molecular formula is C12H21F4NO2. The summed E-state index contributed by atoms with van der Waals surface area (Å²) in [7, 11) is 0. The summed E-state index contributed by atoms with van der Waals surface area (Å²) in [4.78, 5) is 0. The molecule has 1 heterocycles. The Kier molecular flexibility index (Phi) is 7.02. The molecule has 1 saturated heterocycles. The van der Waals surface area contributed by atoms with Crippen LogP contribution in [0.4, 0.5) is 17.6 Å². The van der Waals surface area contributed by atoms with Gasteiger partial charge < -0.3 is 15.2 Å². The summed E-state index contributed by atoms with van der Waals surface area (Å²) in [5.74, 6) is -4.10. The van der Waals surface area contributed by atoms with E-state index in [-0.39, 0.29) is 12.7 Å². The molecule has 1 aliphatic heterocycles. The molecule has 0 bridgehead atoms. The van der Waals surface area contributed by atoms with E-state index in [4.69, 9.17) is 10.5 Å². The van der Waals surface area contributed by atoms with Crippen LogP contribution in [0.1, 0.15) is 32.1 Å². The predicted molar refractivity (Wildman–Crippen MR) is 62.6 cm³/mol. The quantitative estimate of drug-likeness (QED) is 0.663. The fourth-order valence-electron chi connectivity index (χ4n) is 1.97. The molecule has 1 fully saturated rings. The van der Waals surface area contributed by atoms with Gasteiger partial charge in [0.05, 0.1) is 12.7 Å². The first kappa shape index (κ1) is 16.7. The van der Waals surface area contributed by atoms with Crippen LogP contribution in [-0.2, 0) is 9.47 Å². The van der Waals surface area contributed by atoms with Gasteiger partial charge in [-0.15, -0.1) is 0 Å². The lowest BCUT2D eigenvalue weighted by molar-refractivity contribution is -0.166. The number of halogens is 4. The number of ether oxygens (including phenoxy) is 2. The molecule has 1 aliphatic rings. The van der Waals surface area contributed by atoms with Gasteiger partial charge >= 0.3 is 12.3 Å². The van der Waals surface area contributed by atoms with Crippen molar-refractivity contribution in [2.45, 2.75) is 56.6 Å². The molecular weight excluding hydrogens is 266 g/mol. The normalized spacial score (nSPS) is 22.1. The molecule has 3 nitrogen and oxygen atoms in total. The van der Waals surface area contributed by atoms with Crippen molar-refractivity contribution < 1.29 is 27.0 Å². The maximum Gasteiger partial charge on any atom is 0.330 e. The van der Waals surface area contributed by atoms with E-state index < -0.39 is 25.0 Å². The van der Waals surface area contributed by atoms with Crippen LogP contribution < -0.4 is 5.73 Å². The summed E-state index contributed by atoms with van der Waals surface area (Å²) in [6, 6.07) is -0.408. The van der Waals surface area contributed by atoms with Gasteiger partial charge in [0.2, 0.25) is 0 Å². The van der Waals surface area contributed by atoms with Crippen LogP contribution >= 0.6 is 0 Å². The van der Waals surface area contributed by atoms with Crippen molar-refractivity contribution in [3.63, 3.8) is 0 Å². The minimum atomic E-state index is -4.10. The fraction of sp³-hybridized carbons (Fsp3) is 1.00. The van der Waals surface area contributed by atoms with Crippen molar-refractivity contribution in [3.05, 3.63) is 0 Å². The molecule has 1 rings (SSSR count). The van der Waals surface area contributed by atoms with Crippen LogP contribution in [0.15, 0.2) is 0 Å². The maximum atomic E-state index is 12.5. The minimum absolute atomic E-state index is 0.131. The van der Waals surface area contributed by atoms with Gasteiger partial charge in [0, 0.05) is 12.6 Å². The second-order valence-electron chi connectivity index (χ2n) is 4.90. The van der Waals surface area contributed by atoms with Crippen LogP contribution in [0, 0.1) is 0 Å². The van der Waals surface area contributed by atoms with Crippen molar-refractivity contribution in [1.82, 2.24) is 0 Å². The Morgan fingerprint density at radius 1 is 1.37 bits per heavy atom. The van der Waals surface area contributed by atoms with Gasteiger partial charge in [0.15, 0.2) is 0 Å². The van der Waals surface area contributed by atoms with Gasteiger partial charge in [-0.1, -0.05) is 0 Å². The van der Waals surface area contributed by atoms with Crippen molar-refractivity contribution >= 4 is 0 Å². The largest absolute Gasteiger partial charge is 0.378 e. The Labute approximate surface area is 110 Å². The number of hydrogen-bond acceptors (Lipinski definition) is 3. The first-order chi connectivity index (χ1) is 8.92. The highest BCUT2D eigenvalue weighted by atomic mass is 19.3. The van der Waals surface area contributed by atoms with Gasteiger partial charge in [-0.2, -0.15) is 8.78 Å². The smallest absolute Gasteiger partial charge is 0.330 e. The molecule has 0 amide bonds. The molecule has 0 aliphatic carbocycles. The average Bonchev–Trinajstić information content (AvgIpc) is 2.81. The molecule has 2 atom stereocenters. The topological polar surface area (TPSA) is 44.5 Å². The van der Waals surface area contributed by atoms with E-state index >= 15 is 0 Å². The van der Waals surface area contributed by atoms with Gasteiger partial charge in [-0.3, -0.25) is 0 Å². The predicted octanol–water partition coefficient (Wildman–Crippen LogP) is 2.58. The number of alkyl halides is 4. The second kappa shape index (κ2) is 8.01. The summed E-state index contributed by atoms with van der Waals surface area (Å²) in [6.07, 6.45) is 1.01. The lowest BCUT2D eigenvalue weighted by atomic mass is 10.1. The monoisotopic (exact) mass is 287 g/mol. The van der Waals surface area contributed by atoms with Crippen LogP contribution in [-0.4, -0.2) is 44.3 Å². The number of nitrogens with two attached hydrogens (primary N) is 1. The summed E-state index contributed by atoms with van der Waals surface area (Å²) in [5, 5.41) is 0. The third-order valence-corrected chi connectivity index (χ3v) is 3.07. The zero-order valence-electron chi connectivity index (χ0n) is 10.8. The maximum absolute atomic E-state index is 12.5. The van der Waals surface area contributed by atoms with Crippen molar-refractivity contribution in [1.29, 1.82) is 0 Å². The number of hydrogen-bond donors (Lipinski definition) is 1. The first-order valence-electron chi connectivity index (χ1n) is 6.52. The fourth-order valence-corrected chi connectivity index (χ4v) is 1.97. The highest BCUT2D eigenvalue weighted by Crippen LogP contribution is 2.23. The Balaban J connectivity index is 2.02. The number of rotatable bonds is 9. The summed E-state index contributed by atoms with van der Waals surface area (Å²) in [6.45, 7) is -0.625. The zero-order chi connectivity index (χ0) is 14.3. The molecule has 0 spiro atoms. The summed E-state index contributed by atoms with van der Waals surface area (Å²) < 4.78 is 58.7. The van der Waals surface area contributed by atoms with E-state index in [0.717, 1.165) is 32.3 Å². The molecule has 0 aromatic carbocycles. The third kappa shape index (κ3) is 6.54. The van der Waals surface area contributed by atoms with Crippen molar-refractivity contribution in [3.8, 4) is 0 Å². The van der Waals surface area contributed by atoms with Gasteiger partial charge in [-0.25, -0.2) is 8.78 Å². The van der Waals surface area contributed by atoms with E-state index in [2.05, 4.69) is 4.74 Å². The Morgan fingerprint density at radius 3 is 2.68 bits per heavy atom. The second-order valence-corrected chi connectivity index (χ2v) is 4.90. The lowest BCUT2D eigenvalue weighted by Crippen LogP contribution is -2.35. The molecule has 0 aromatic heterocycles. The van der Waals surface area contributed by atoms with E-state index in [1.165, 1.54) is 0 Å². The molecule has 114 valence electrons. The molecule has 0 radical (unpaired) electrons. The van der Waals surface area contributed by atoms with E-state index in [1.54, 1.807) is 0 Å². The standard InChI is InChI=1S/C12H21F4NO2/c13-11(14)12(15,16)8-18-7-9(17)3-1-4-10-5-2-6-19-10/h9-11H,1-8,17H2. The molecule has 2 unspecified atom stereocenters. The lowest BCUT2D eigenvalue weighted by Gasteiger charge is -2.18. The highest BCUT2D eigenvalue weighted by Gasteiger charge is 2.41. The molecule has 0 aromatic rings. The summed E-state index contributed by atoms with van der Waals surface area (Å²) >= 11 is 0. The summed E-state index contributed by atoms with van der Waals surface area (Å²) in [5.41, 5.74) is 5.67. The molecule has 2 N–H and O–H groups in total. The minimum Gasteiger partial charge on any atom is -0.378 e. The van der Waals surface area contributed by atoms with Crippen LogP contribution in [0.25, 0.3) is 0 Å². The third-order valence-electron chi connectivity index (χ3n) is 3.07. The Morgan fingerprint density at radius 2 is 2.11 bits per heavy atom. The van der Waals surface area contributed by atoms with Gasteiger partial charge in [0.25, 0.3) is 0 Å². The van der Waals surface area contributed by atoms with Crippen molar-refractivity contribution in [2.75, 3.05) is 19.8 Å². The SMILES string of the molecule is NC(CCCC1CCCO1)COCC(F)(F)C(F)F. The van der Waals surface area contributed by atoms with E-state index in [1.807, 2.05) is 0 Å². The van der Waals surface area contributed by atoms with Crippen LogP contribution in [0.2, 0.25) is 0 Å². The molecule has 0 saturated carbocycles. The Hall–Kier alpha value is -0.400. The van der Waals surface area contributed by atoms with E-state index in [9.17, 15) is 17.6 Å². The molecule has 19 heavy (non-hydrogen) atoms. The van der Waals surface area contributed by atoms with E-state index in [0.29, 0.717) is 6.42 Å².